The standard InChI is InChI=1S/C18H26N4/c1-4-6-9-12-22(3)18(19-5-2)20-14-16-13-15-10-7-8-11-17(15)21-16/h4,7-8,10-11,13,21H,1,5-6,9,12,14H2,2-3H3,(H,19,20). The summed E-state index contributed by atoms with van der Waals surface area (Å²) in [5, 5.41) is 4.58. The molecule has 0 fully saturated rings. The molecule has 4 heteroatoms. The molecule has 118 valence electrons. The quantitative estimate of drug-likeness (QED) is 0.355. The summed E-state index contributed by atoms with van der Waals surface area (Å²) in [7, 11) is 2.08. The van der Waals surface area contributed by atoms with Crippen LogP contribution in [-0.4, -0.2) is 36.0 Å². The van der Waals surface area contributed by atoms with Crippen molar-refractivity contribution in [2.75, 3.05) is 20.1 Å². The van der Waals surface area contributed by atoms with E-state index in [0.717, 1.165) is 43.1 Å². The van der Waals surface area contributed by atoms with Crippen LogP contribution in [0.1, 0.15) is 25.5 Å². The molecule has 0 saturated heterocycles. The molecule has 0 spiro atoms. The van der Waals surface area contributed by atoms with Gasteiger partial charge in [0.15, 0.2) is 5.96 Å². The number of aromatic amines is 1. The number of unbranched alkanes of at least 4 members (excludes halogenated alkanes) is 1. The van der Waals surface area contributed by atoms with E-state index in [1.807, 2.05) is 12.1 Å². The van der Waals surface area contributed by atoms with Crippen molar-refractivity contribution >= 4 is 16.9 Å². The summed E-state index contributed by atoms with van der Waals surface area (Å²) in [6.07, 6.45) is 4.09. The number of allylic oxidation sites excluding steroid dienone is 1. The zero-order valence-electron chi connectivity index (χ0n) is 13.6. The lowest BCUT2D eigenvalue weighted by molar-refractivity contribution is 0.470. The van der Waals surface area contributed by atoms with Crippen LogP contribution < -0.4 is 5.32 Å². The van der Waals surface area contributed by atoms with Crippen LogP contribution in [-0.2, 0) is 6.54 Å². The maximum absolute atomic E-state index is 4.73. The summed E-state index contributed by atoms with van der Waals surface area (Å²) in [6, 6.07) is 10.5. The lowest BCUT2D eigenvalue weighted by Gasteiger charge is -2.21. The molecule has 0 bridgehead atoms. The minimum atomic E-state index is 0.656. The first-order valence-electron chi connectivity index (χ1n) is 7.91. The van der Waals surface area contributed by atoms with Crippen molar-refractivity contribution in [2.45, 2.75) is 26.3 Å². The zero-order chi connectivity index (χ0) is 15.8. The van der Waals surface area contributed by atoms with Crippen LogP contribution in [0.5, 0.6) is 0 Å². The summed E-state index contributed by atoms with van der Waals surface area (Å²) >= 11 is 0. The number of nitrogens with zero attached hydrogens (tertiary/aromatic N) is 2. The minimum absolute atomic E-state index is 0.656. The minimum Gasteiger partial charge on any atom is -0.357 e. The topological polar surface area (TPSA) is 43.4 Å². The van der Waals surface area contributed by atoms with E-state index in [-0.39, 0.29) is 0 Å². The van der Waals surface area contributed by atoms with Crippen molar-refractivity contribution < 1.29 is 0 Å². The molecule has 1 heterocycles. The van der Waals surface area contributed by atoms with Crippen molar-refractivity contribution in [1.29, 1.82) is 0 Å². The zero-order valence-corrected chi connectivity index (χ0v) is 13.6. The van der Waals surface area contributed by atoms with Crippen LogP contribution in [0.3, 0.4) is 0 Å². The Kier molecular flexibility index (Phi) is 6.07. The van der Waals surface area contributed by atoms with Crippen molar-refractivity contribution in [2.24, 2.45) is 4.99 Å². The molecule has 4 nitrogen and oxygen atoms in total. The van der Waals surface area contributed by atoms with E-state index in [2.05, 4.69) is 60.0 Å². The van der Waals surface area contributed by atoms with Gasteiger partial charge in [0.1, 0.15) is 0 Å². The highest BCUT2D eigenvalue weighted by Crippen LogP contribution is 2.15. The van der Waals surface area contributed by atoms with Gasteiger partial charge in [0.2, 0.25) is 0 Å². The van der Waals surface area contributed by atoms with Crippen LogP contribution in [0.15, 0.2) is 48.0 Å². The Morgan fingerprint density at radius 3 is 2.95 bits per heavy atom. The number of para-hydroxylation sites is 1. The molecule has 2 aromatic rings. The van der Waals surface area contributed by atoms with Crippen LogP contribution >= 0.6 is 0 Å². The third-order valence-corrected chi connectivity index (χ3v) is 3.58. The van der Waals surface area contributed by atoms with Crippen LogP contribution in [0, 0.1) is 0 Å². The molecule has 0 aliphatic carbocycles. The van der Waals surface area contributed by atoms with E-state index in [1.54, 1.807) is 0 Å². The molecule has 0 unspecified atom stereocenters. The van der Waals surface area contributed by atoms with Gasteiger partial charge < -0.3 is 15.2 Å². The molecule has 0 amide bonds. The summed E-state index contributed by atoms with van der Waals surface area (Å²) in [6.45, 7) is 8.36. The Balaban J connectivity index is 2.03. The number of hydrogen-bond donors (Lipinski definition) is 2. The third-order valence-electron chi connectivity index (χ3n) is 3.58. The fourth-order valence-corrected chi connectivity index (χ4v) is 2.43. The molecular formula is C18H26N4. The van der Waals surface area contributed by atoms with E-state index in [0.29, 0.717) is 6.54 Å². The number of H-pyrrole nitrogens is 1. The second kappa shape index (κ2) is 8.27. The van der Waals surface area contributed by atoms with E-state index >= 15 is 0 Å². The van der Waals surface area contributed by atoms with Gasteiger partial charge in [-0.2, -0.15) is 0 Å². The smallest absolute Gasteiger partial charge is 0.194 e. The number of benzene rings is 1. The van der Waals surface area contributed by atoms with Crippen molar-refractivity contribution in [3.8, 4) is 0 Å². The molecule has 0 atom stereocenters. The average molecular weight is 298 g/mol. The predicted molar refractivity (Wildman–Crippen MR) is 95.2 cm³/mol. The molecule has 2 N–H and O–H groups in total. The van der Waals surface area contributed by atoms with Crippen LogP contribution in [0.2, 0.25) is 0 Å². The fourth-order valence-electron chi connectivity index (χ4n) is 2.43. The molecule has 1 aromatic heterocycles. The highest BCUT2D eigenvalue weighted by atomic mass is 15.3. The Labute approximate surface area is 132 Å². The van der Waals surface area contributed by atoms with Crippen LogP contribution in [0.4, 0.5) is 0 Å². The summed E-state index contributed by atoms with van der Waals surface area (Å²) in [5.74, 6) is 0.949. The molecule has 22 heavy (non-hydrogen) atoms. The number of rotatable bonds is 7. The highest BCUT2D eigenvalue weighted by molar-refractivity contribution is 5.81. The molecular weight excluding hydrogens is 272 g/mol. The Morgan fingerprint density at radius 2 is 2.23 bits per heavy atom. The summed E-state index contributed by atoms with van der Waals surface area (Å²) in [5.41, 5.74) is 2.30. The first-order valence-corrected chi connectivity index (χ1v) is 7.91. The van der Waals surface area contributed by atoms with Crippen LogP contribution in [0.25, 0.3) is 10.9 Å². The number of guanidine groups is 1. The number of aliphatic imine (C=N–C) groups is 1. The third kappa shape index (κ3) is 4.38. The highest BCUT2D eigenvalue weighted by Gasteiger charge is 2.05. The molecule has 0 radical (unpaired) electrons. The summed E-state index contributed by atoms with van der Waals surface area (Å²) < 4.78 is 0. The monoisotopic (exact) mass is 298 g/mol. The number of nitrogens with one attached hydrogen (secondary N) is 2. The van der Waals surface area contributed by atoms with Gasteiger partial charge in [-0.3, -0.25) is 0 Å². The normalized spacial score (nSPS) is 11.6. The van der Waals surface area contributed by atoms with Gasteiger partial charge in [-0.15, -0.1) is 6.58 Å². The lowest BCUT2D eigenvalue weighted by Crippen LogP contribution is -2.39. The predicted octanol–water partition coefficient (Wildman–Crippen LogP) is 3.53. The number of aromatic nitrogens is 1. The van der Waals surface area contributed by atoms with E-state index in [1.165, 1.54) is 5.39 Å². The van der Waals surface area contributed by atoms with Gasteiger partial charge in [0, 0.05) is 31.3 Å². The van der Waals surface area contributed by atoms with Crippen molar-refractivity contribution in [1.82, 2.24) is 15.2 Å². The first kappa shape index (κ1) is 16.1. The number of fused-ring (bicyclic) bond motifs is 1. The van der Waals surface area contributed by atoms with Crippen molar-refractivity contribution in [3.63, 3.8) is 0 Å². The molecule has 0 aliphatic rings. The molecule has 0 aliphatic heterocycles. The van der Waals surface area contributed by atoms with Gasteiger partial charge in [-0.1, -0.05) is 24.3 Å². The van der Waals surface area contributed by atoms with Gasteiger partial charge in [-0.25, -0.2) is 4.99 Å². The van der Waals surface area contributed by atoms with Gasteiger partial charge >= 0.3 is 0 Å². The first-order chi connectivity index (χ1) is 10.7. The lowest BCUT2D eigenvalue weighted by atomic mass is 10.2. The maximum Gasteiger partial charge on any atom is 0.194 e. The molecule has 0 saturated carbocycles. The van der Waals surface area contributed by atoms with Gasteiger partial charge in [-0.05, 0) is 37.3 Å². The number of hydrogen-bond acceptors (Lipinski definition) is 1. The van der Waals surface area contributed by atoms with Crippen molar-refractivity contribution in [3.05, 3.63) is 48.7 Å². The van der Waals surface area contributed by atoms with E-state index < -0.39 is 0 Å². The van der Waals surface area contributed by atoms with Gasteiger partial charge in [0.05, 0.1) is 6.54 Å². The molecule has 1 aromatic carbocycles. The average Bonchev–Trinajstić information content (AvgIpc) is 2.94. The Hall–Kier alpha value is -2.23. The molecule has 2 rings (SSSR count). The second-order valence-corrected chi connectivity index (χ2v) is 5.40. The Morgan fingerprint density at radius 1 is 1.41 bits per heavy atom. The largest absolute Gasteiger partial charge is 0.357 e. The Bertz CT molecular complexity index is 594. The maximum atomic E-state index is 4.73. The fraction of sp³-hybridized carbons (Fsp3) is 0.389. The SMILES string of the molecule is C=CCCCN(C)C(=NCc1cc2ccccc2[nH]1)NCC. The van der Waals surface area contributed by atoms with Gasteiger partial charge in [0.25, 0.3) is 0 Å². The van der Waals surface area contributed by atoms with E-state index in [9.17, 15) is 0 Å². The van der Waals surface area contributed by atoms with E-state index in [4.69, 9.17) is 4.99 Å². The second-order valence-electron chi connectivity index (χ2n) is 5.40. The summed E-state index contributed by atoms with van der Waals surface area (Å²) in [4.78, 5) is 10.3.